The highest BCUT2D eigenvalue weighted by atomic mass is 16.5. The Kier molecular flexibility index (Phi) is 5.91. The molecule has 1 aliphatic rings. The number of aromatic nitrogens is 5. The molecular weight excluding hydrogens is 384 g/mol. The second kappa shape index (κ2) is 8.76. The zero-order valence-corrected chi connectivity index (χ0v) is 17.2. The van der Waals surface area contributed by atoms with Crippen LogP contribution in [0.1, 0.15) is 30.3 Å². The highest BCUT2D eigenvalue weighted by Crippen LogP contribution is 2.21. The Morgan fingerprint density at radius 3 is 2.77 bits per heavy atom. The van der Waals surface area contributed by atoms with Crippen LogP contribution in [-0.2, 0) is 11.8 Å². The maximum absolute atomic E-state index is 12.9. The maximum Gasteiger partial charge on any atom is 0.251 e. The Morgan fingerprint density at radius 2 is 2.10 bits per heavy atom. The molecule has 1 saturated heterocycles. The molecule has 2 N–H and O–H groups in total. The number of anilines is 1. The van der Waals surface area contributed by atoms with Crippen molar-refractivity contribution in [3.63, 3.8) is 0 Å². The number of aryl methyl sites for hydroxylation is 2. The average Bonchev–Trinajstić information content (AvgIpc) is 3.08. The Balaban J connectivity index is 1.59. The molecule has 3 aromatic heterocycles. The van der Waals surface area contributed by atoms with E-state index in [4.69, 9.17) is 4.74 Å². The van der Waals surface area contributed by atoms with Gasteiger partial charge >= 0.3 is 0 Å². The van der Waals surface area contributed by atoms with Crippen molar-refractivity contribution in [1.29, 1.82) is 0 Å². The minimum Gasteiger partial charge on any atom is -0.394 e. The topological polar surface area (TPSA) is 107 Å². The van der Waals surface area contributed by atoms with Crippen LogP contribution in [0.4, 0.5) is 5.95 Å². The number of nitrogens with zero attached hydrogens (tertiary/aromatic N) is 5. The summed E-state index contributed by atoms with van der Waals surface area (Å²) in [7, 11) is 1.80. The summed E-state index contributed by atoms with van der Waals surface area (Å²) in [5, 5.41) is 17.6. The molecule has 0 saturated carbocycles. The van der Waals surface area contributed by atoms with Crippen molar-refractivity contribution in [3.8, 4) is 11.3 Å². The fourth-order valence-corrected chi connectivity index (χ4v) is 3.79. The number of aliphatic hydroxyl groups excluding tert-OH is 1. The summed E-state index contributed by atoms with van der Waals surface area (Å²) in [5.74, 6) is 0.544. The predicted molar refractivity (Wildman–Crippen MR) is 112 cm³/mol. The van der Waals surface area contributed by atoms with Gasteiger partial charge < -0.3 is 19.7 Å². The van der Waals surface area contributed by atoms with Crippen LogP contribution in [0.2, 0.25) is 0 Å². The lowest BCUT2D eigenvalue weighted by molar-refractivity contribution is 0.0903. The van der Waals surface area contributed by atoms with Gasteiger partial charge in [-0.2, -0.15) is 5.10 Å². The summed E-state index contributed by atoms with van der Waals surface area (Å²) < 4.78 is 8.59. The summed E-state index contributed by atoms with van der Waals surface area (Å²) in [5.41, 5.74) is 2.76. The molecule has 9 nitrogen and oxygen atoms in total. The third kappa shape index (κ3) is 4.27. The predicted octanol–water partition coefficient (Wildman–Crippen LogP) is 1.52. The van der Waals surface area contributed by atoms with Gasteiger partial charge in [0.15, 0.2) is 0 Å². The van der Waals surface area contributed by atoms with E-state index in [1.54, 1.807) is 30.2 Å². The van der Waals surface area contributed by atoms with Gasteiger partial charge in [-0.3, -0.25) is 9.48 Å². The van der Waals surface area contributed by atoms with Crippen LogP contribution in [0.3, 0.4) is 0 Å². The molecule has 0 radical (unpaired) electrons. The first kappa shape index (κ1) is 20.2. The van der Waals surface area contributed by atoms with Crippen molar-refractivity contribution < 1.29 is 9.84 Å². The second-order valence-corrected chi connectivity index (χ2v) is 7.49. The van der Waals surface area contributed by atoms with Crippen LogP contribution in [0.15, 0.2) is 41.5 Å². The molecule has 3 aromatic rings. The van der Waals surface area contributed by atoms with E-state index in [1.165, 1.54) is 10.6 Å². The highest BCUT2D eigenvalue weighted by molar-refractivity contribution is 5.59. The van der Waals surface area contributed by atoms with Gasteiger partial charge in [0.25, 0.3) is 5.56 Å². The van der Waals surface area contributed by atoms with E-state index in [0.29, 0.717) is 17.2 Å². The van der Waals surface area contributed by atoms with E-state index in [9.17, 15) is 9.90 Å². The molecule has 1 aliphatic heterocycles. The van der Waals surface area contributed by atoms with Gasteiger partial charge in [-0.25, -0.2) is 9.97 Å². The maximum atomic E-state index is 12.9. The van der Waals surface area contributed by atoms with Crippen LogP contribution in [0.25, 0.3) is 11.3 Å². The lowest BCUT2D eigenvalue weighted by Crippen LogP contribution is -2.29. The molecule has 0 spiro atoms. The van der Waals surface area contributed by atoms with Crippen LogP contribution in [0.5, 0.6) is 0 Å². The fourth-order valence-electron chi connectivity index (χ4n) is 3.79. The van der Waals surface area contributed by atoms with Crippen LogP contribution in [0, 0.1) is 6.92 Å². The molecule has 1 atom stereocenters. The van der Waals surface area contributed by atoms with Gasteiger partial charge in [0.2, 0.25) is 5.95 Å². The third-order valence-corrected chi connectivity index (χ3v) is 5.34. The monoisotopic (exact) mass is 410 g/mol. The number of hydrogen-bond acceptors (Lipinski definition) is 7. The van der Waals surface area contributed by atoms with E-state index < -0.39 is 6.04 Å². The second-order valence-electron chi connectivity index (χ2n) is 7.49. The van der Waals surface area contributed by atoms with Crippen molar-refractivity contribution in [2.24, 2.45) is 7.05 Å². The summed E-state index contributed by atoms with van der Waals surface area (Å²) >= 11 is 0. The van der Waals surface area contributed by atoms with Crippen molar-refractivity contribution >= 4 is 5.95 Å². The molecule has 0 aliphatic carbocycles. The number of nitrogens with one attached hydrogen (secondary N) is 1. The van der Waals surface area contributed by atoms with Gasteiger partial charge in [0.1, 0.15) is 6.04 Å². The van der Waals surface area contributed by atoms with Crippen molar-refractivity contribution in [3.05, 3.63) is 58.4 Å². The number of pyridine rings is 1. The molecule has 0 amide bonds. The molecule has 4 heterocycles. The number of rotatable bonds is 6. The Hall–Kier alpha value is -3.04. The largest absolute Gasteiger partial charge is 0.394 e. The number of hydrogen-bond donors (Lipinski definition) is 2. The molecule has 0 unspecified atom stereocenters. The highest BCUT2D eigenvalue weighted by Gasteiger charge is 2.19. The first-order valence-corrected chi connectivity index (χ1v) is 10.1. The third-order valence-electron chi connectivity index (χ3n) is 5.34. The van der Waals surface area contributed by atoms with E-state index in [0.717, 1.165) is 37.4 Å². The summed E-state index contributed by atoms with van der Waals surface area (Å²) in [6.45, 7) is 3.14. The Morgan fingerprint density at radius 1 is 1.30 bits per heavy atom. The fraction of sp³-hybridized carbons (Fsp3) is 0.429. The first-order chi connectivity index (χ1) is 14.5. The summed E-state index contributed by atoms with van der Waals surface area (Å²) in [6, 6.07) is 6.80. The van der Waals surface area contributed by atoms with E-state index in [2.05, 4.69) is 20.4 Å². The van der Waals surface area contributed by atoms with Gasteiger partial charge in [-0.15, -0.1) is 0 Å². The molecule has 0 bridgehead atoms. The number of ether oxygens (including phenoxy) is 1. The lowest BCUT2D eigenvalue weighted by Gasteiger charge is -2.23. The quantitative estimate of drug-likeness (QED) is 0.634. The molecule has 0 aromatic carbocycles. The van der Waals surface area contributed by atoms with E-state index in [1.807, 2.05) is 19.1 Å². The van der Waals surface area contributed by atoms with E-state index >= 15 is 0 Å². The van der Waals surface area contributed by atoms with Gasteiger partial charge in [0, 0.05) is 50.3 Å². The number of aliphatic hydroxyl groups is 1. The van der Waals surface area contributed by atoms with Crippen molar-refractivity contribution in [2.75, 3.05) is 25.1 Å². The minimum atomic E-state index is -0.506. The average molecular weight is 410 g/mol. The van der Waals surface area contributed by atoms with Crippen LogP contribution >= 0.6 is 0 Å². The van der Waals surface area contributed by atoms with Gasteiger partial charge in [-0.1, -0.05) is 0 Å². The SMILES string of the molecule is Cc1cc([C@@H](CO)n2ccc(-c3ccnc(NC4CCOCC4)n3)cc2=O)n(C)n1. The standard InChI is InChI=1S/C21H26N6O3/c1-14-11-18(26(2)25-14)19(13-28)27-8-4-15(12-20(27)29)17-3-7-22-21(24-17)23-16-5-9-30-10-6-16/h3-4,7-8,11-12,16,19,28H,5-6,9-10,13H2,1-2H3,(H,22,23,24)/t19-/m1/s1. The van der Waals surface area contributed by atoms with Gasteiger partial charge in [-0.05, 0) is 38.0 Å². The summed E-state index contributed by atoms with van der Waals surface area (Å²) in [6.07, 6.45) is 5.21. The zero-order chi connectivity index (χ0) is 21.1. The zero-order valence-electron chi connectivity index (χ0n) is 17.2. The van der Waals surface area contributed by atoms with Gasteiger partial charge in [0.05, 0.1) is 23.7 Å². The lowest BCUT2D eigenvalue weighted by atomic mass is 10.1. The Bertz CT molecular complexity index is 1070. The molecule has 9 heteroatoms. The minimum absolute atomic E-state index is 0.203. The molecule has 30 heavy (non-hydrogen) atoms. The smallest absolute Gasteiger partial charge is 0.251 e. The van der Waals surface area contributed by atoms with E-state index in [-0.39, 0.29) is 18.2 Å². The Labute approximate surface area is 174 Å². The first-order valence-electron chi connectivity index (χ1n) is 10.1. The summed E-state index contributed by atoms with van der Waals surface area (Å²) in [4.78, 5) is 21.7. The molecule has 4 rings (SSSR count). The van der Waals surface area contributed by atoms with Crippen LogP contribution < -0.4 is 10.9 Å². The molecular formula is C21H26N6O3. The molecule has 1 fully saturated rings. The van der Waals surface area contributed by atoms with Crippen molar-refractivity contribution in [2.45, 2.75) is 31.8 Å². The van der Waals surface area contributed by atoms with Crippen molar-refractivity contribution in [1.82, 2.24) is 24.3 Å². The van der Waals surface area contributed by atoms with Crippen LogP contribution in [-0.4, -0.2) is 55.3 Å². The molecule has 158 valence electrons. The normalized spacial score (nSPS) is 15.8.